The minimum Gasteiger partial charge on any atom is -0.490 e. The number of ether oxygens (including phenoxy) is 1. The summed E-state index contributed by atoms with van der Waals surface area (Å²) in [6.45, 7) is 4.02. The molecule has 1 fully saturated rings. The number of nitroso groups, excluding NO2 is 1. The van der Waals surface area contributed by atoms with Gasteiger partial charge in [0.15, 0.2) is 0 Å². The number of carbonyl (C=O) groups is 1. The molecule has 0 N–H and O–H groups in total. The van der Waals surface area contributed by atoms with Gasteiger partial charge in [0, 0.05) is 9.88 Å². The van der Waals surface area contributed by atoms with Crippen molar-refractivity contribution in [3.05, 3.63) is 100.0 Å². The highest BCUT2D eigenvalue weighted by Crippen LogP contribution is 2.43. The fourth-order valence-corrected chi connectivity index (χ4v) is 6.30. The van der Waals surface area contributed by atoms with E-state index in [-0.39, 0.29) is 11.7 Å². The van der Waals surface area contributed by atoms with Gasteiger partial charge >= 0.3 is 5.91 Å². The third-order valence-electron chi connectivity index (χ3n) is 7.17. The van der Waals surface area contributed by atoms with E-state index in [1.807, 2.05) is 37.3 Å². The minimum atomic E-state index is -0.811. The second kappa shape index (κ2) is 8.95. The third-order valence-corrected chi connectivity index (χ3v) is 8.47. The summed E-state index contributed by atoms with van der Waals surface area (Å²) in [6, 6.07) is 24.2. The highest BCUT2D eigenvalue weighted by molar-refractivity contribution is 7.22. The van der Waals surface area contributed by atoms with Gasteiger partial charge in [0.25, 0.3) is 0 Å². The van der Waals surface area contributed by atoms with Crippen molar-refractivity contribution in [3.63, 3.8) is 0 Å². The molecule has 5 aromatic rings. The second-order valence-corrected chi connectivity index (χ2v) is 10.5. The van der Waals surface area contributed by atoms with Crippen molar-refractivity contribution in [2.45, 2.75) is 38.7 Å². The Morgan fingerprint density at radius 1 is 1.00 bits per heavy atom. The molecule has 0 atom stereocenters. The number of hydrogen-bond donors (Lipinski definition) is 0. The van der Waals surface area contributed by atoms with Crippen LogP contribution in [0.3, 0.4) is 0 Å². The van der Waals surface area contributed by atoms with Crippen molar-refractivity contribution in [1.29, 1.82) is 0 Å². The van der Waals surface area contributed by atoms with Crippen LogP contribution in [0.5, 0.6) is 5.75 Å². The van der Waals surface area contributed by atoms with Crippen LogP contribution in [0, 0.1) is 18.8 Å². The van der Waals surface area contributed by atoms with Gasteiger partial charge in [-0.15, -0.1) is 16.2 Å². The molecule has 1 saturated carbocycles. The molecule has 1 aliphatic rings. The van der Waals surface area contributed by atoms with Crippen molar-refractivity contribution in [2.24, 2.45) is 5.18 Å². The molecule has 1 amide bonds. The van der Waals surface area contributed by atoms with Gasteiger partial charge in [-0.2, -0.15) is 0 Å². The van der Waals surface area contributed by atoms with E-state index in [1.54, 1.807) is 17.4 Å². The first-order valence-electron chi connectivity index (χ1n) is 12.1. The van der Waals surface area contributed by atoms with E-state index in [9.17, 15) is 9.70 Å². The molecule has 178 valence electrons. The summed E-state index contributed by atoms with van der Waals surface area (Å²) in [5, 5.41) is 4.50. The Balaban J connectivity index is 1.43. The SMILES string of the molecule is Cc1c(-c2cc(C(=O)N=O)c3c(O[C@H]4C[C@@H](c5ccccc5)C4)ccc(C)c3n2)sc2ccccc12. The van der Waals surface area contributed by atoms with E-state index in [4.69, 9.17) is 9.72 Å². The first-order valence-corrected chi connectivity index (χ1v) is 12.9. The van der Waals surface area contributed by atoms with E-state index in [2.05, 4.69) is 48.5 Å². The molecule has 3 aromatic carbocycles. The lowest BCUT2D eigenvalue weighted by atomic mass is 9.77. The van der Waals surface area contributed by atoms with Crippen molar-refractivity contribution < 1.29 is 9.53 Å². The normalized spacial score (nSPS) is 17.2. The number of fused-ring (bicyclic) bond motifs is 2. The van der Waals surface area contributed by atoms with E-state index >= 15 is 0 Å². The summed E-state index contributed by atoms with van der Waals surface area (Å²) in [4.78, 5) is 30.2. The van der Waals surface area contributed by atoms with Crippen LogP contribution in [-0.4, -0.2) is 17.0 Å². The summed E-state index contributed by atoms with van der Waals surface area (Å²) >= 11 is 1.63. The van der Waals surface area contributed by atoms with Crippen LogP contribution in [0.2, 0.25) is 0 Å². The largest absolute Gasteiger partial charge is 0.490 e. The zero-order valence-electron chi connectivity index (χ0n) is 20.0. The lowest BCUT2D eigenvalue weighted by Gasteiger charge is -2.36. The van der Waals surface area contributed by atoms with E-state index in [1.165, 1.54) is 5.56 Å². The first-order chi connectivity index (χ1) is 17.5. The number of aromatic nitrogens is 1. The Labute approximate surface area is 212 Å². The predicted molar refractivity (Wildman–Crippen MR) is 145 cm³/mol. The van der Waals surface area contributed by atoms with Crippen molar-refractivity contribution in [3.8, 4) is 16.3 Å². The van der Waals surface area contributed by atoms with Crippen LogP contribution < -0.4 is 4.74 Å². The topological polar surface area (TPSA) is 68.6 Å². The molecular formula is C30H24N2O3S. The number of rotatable bonds is 5. The Bertz CT molecular complexity index is 1640. The number of benzene rings is 3. The second-order valence-electron chi connectivity index (χ2n) is 9.43. The fourth-order valence-electron chi connectivity index (χ4n) is 5.13. The number of nitrogens with zero attached hydrogens (tertiary/aromatic N) is 2. The Morgan fingerprint density at radius 3 is 2.50 bits per heavy atom. The highest BCUT2D eigenvalue weighted by Gasteiger charge is 2.33. The quantitative estimate of drug-likeness (QED) is 0.233. The van der Waals surface area contributed by atoms with Crippen molar-refractivity contribution >= 4 is 38.2 Å². The van der Waals surface area contributed by atoms with Gasteiger partial charge in [-0.1, -0.05) is 54.6 Å². The van der Waals surface area contributed by atoms with Crippen LogP contribution >= 0.6 is 11.3 Å². The van der Waals surface area contributed by atoms with Gasteiger partial charge in [0.05, 0.1) is 33.1 Å². The molecule has 0 aliphatic heterocycles. The number of pyridine rings is 1. The maximum absolute atomic E-state index is 12.8. The first kappa shape index (κ1) is 22.6. The molecule has 1 aliphatic carbocycles. The Morgan fingerprint density at radius 2 is 1.75 bits per heavy atom. The van der Waals surface area contributed by atoms with E-state index in [0.717, 1.165) is 38.9 Å². The Kier molecular flexibility index (Phi) is 5.61. The van der Waals surface area contributed by atoms with Crippen LogP contribution in [0.25, 0.3) is 31.6 Å². The number of amides is 1. The summed E-state index contributed by atoms with van der Waals surface area (Å²) in [5.74, 6) is 0.228. The molecule has 6 heteroatoms. The van der Waals surface area contributed by atoms with Gasteiger partial charge in [-0.25, -0.2) is 4.98 Å². The number of aryl methyl sites for hydroxylation is 2. The standard InChI is InChI=1S/C30H24N2O3S/c1-17-12-13-25(35-21-14-20(15-21)19-8-4-3-5-9-19)27-23(30(33)32-34)16-24(31-28(17)27)29-18(2)22-10-6-7-11-26(22)36-29/h3-13,16,20-21H,14-15H2,1-2H3/t20-,21+. The number of hydrogen-bond acceptors (Lipinski definition) is 5. The Hall–Kier alpha value is -3.90. The monoisotopic (exact) mass is 492 g/mol. The van der Waals surface area contributed by atoms with Crippen LogP contribution in [0.15, 0.2) is 78.0 Å². The average Bonchev–Trinajstić information content (AvgIpc) is 3.23. The molecule has 0 spiro atoms. The lowest BCUT2D eigenvalue weighted by molar-refractivity contribution is 0.0981. The van der Waals surface area contributed by atoms with Crippen molar-refractivity contribution in [2.75, 3.05) is 0 Å². The van der Waals surface area contributed by atoms with Gasteiger partial charge in [0.2, 0.25) is 0 Å². The van der Waals surface area contributed by atoms with Crippen molar-refractivity contribution in [1.82, 2.24) is 4.98 Å². The molecule has 6 rings (SSSR count). The molecule has 2 heterocycles. The van der Waals surface area contributed by atoms with Gasteiger partial charge in [0.1, 0.15) is 5.75 Å². The number of thiophene rings is 1. The van der Waals surface area contributed by atoms with Crippen LogP contribution in [0.4, 0.5) is 0 Å². The molecular weight excluding hydrogens is 468 g/mol. The molecule has 0 radical (unpaired) electrons. The summed E-state index contributed by atoms with van der Waals surface area (Å²) < 4.78 is 7.54. The zero-order valence-corrected chi connectivity index (χ0v) is 20.8. The summed E-state index contributed by atoms with van der Waals surface area (Å²) in [7, 11) is 0. The minimum absolute atomic E-state index is 0.0396. The molecule has 0 unspecified atom stereocenters. The summed E-state index contributed by atoms with van der Waals surface area (Å²) in [6.07, 6.45) is 1.85. The smallest absolute Gasteiger partial charge is 0.317 e. The van der Waals surface area contributed by atoms with Gasteiger partial charge < -0.3 is 4.74 Å². The molecule has 2 aromatic heterocycles. The van der Waals surface area contributed by atoms with Crippen LogP contribution in [0.1, 0.15) is 45.8 Å². The van der Waals surface area contributed by atoms with Crippen LogP contribution in [-0.2, 0) is 0 Å². The maximum atomic E-state index is 12.8. The lowest BCUT2D eigenvalue weighted by Crippen LogP contribution is -2.32. The van der Waals surface area contributed by atoms with Gasteiger partial charge in [-0.05, 0) is 72.9 Å². The summed E-state index contributed by atoms with van der Waals surface area (Å²) in [5.41, 5.74) is 4.89. The highest BCUT2D eigenvalue weighted by atomic mass is 32.1. The van der Waals surface area contributed by atoms with E-state index < -0.39 is 5.91 Å². The predicted octanol–water partition coefficient (Wildman–Crippen LogP) is 7.96. The molecule has 36 heavy (non-hydrogen) atoms. The average molecular weight is 493 g/mol. The molecule has 5 nitrogen and oxygen atoms in total. The third kappa shape index (κ3) is 3.78. The fraction of sp³-hybridized carbons (Fsp3) is 0.200. The van der Waals surface area contributed by atoms with E-state index in [0.29, 0.717) is 28.3 Å². The van der Waals surface area contributed by atoms with Gasteiger partial charge in [-0.3, -0.25) is 4.79 Å². The zero-order chi connectivity index (χ0) is 24.8. The molecule has 0 saturated heterocycles. The number of carbonyl (C=O) groups excluding carboxylic acids is 1. The maximum Gasteiger partial charge on any atom is 0.317 e. The molecule has 0 bridgehead atoms.